The van der Waals surface area contributed by atoms with E-state index in [1.165, 1.54) is 12.8 Å². The third kappa shape index (κ3) is 1.93. The highest BCUT2D eigenvalue weighted by atomic mass is 16.4. The lowest BCUT2D eigenvalue weighted by molar-refractivity contribution is 0.208. The van der Waals surface area contributed by atoms with Gasteiger partial charge in [0.05, 0.1) is 0 Å². The van der Waals surface area contributed by atoms with Crippen molar-refractivity contribution in [2.75, 3.05) is 7.05 Å². The zero-order valence-electron chi connectivity index (χ0n) is 8.23. The highest BCUT2D eigenvalue weighted by molar-refractivity contribution is 4.91. The summed E-state index contributed by atoms with van der Waals surface area (Å²) in [6, 6.07) is 0.653. The normalized spacial score (nSPS) is 26.1. The van der Waals surface area contributed by atoms with Crippen molar-refractivity contribution in [1.29, 1.82) is 0 Å². The molecule has 0 spiro atoms. The molecule has 1 aliphatic rings. The molecule has 14 heavy (non-hydrogen) atoms. The molecule has 5 nitrogen and oxygen atoms in total. The minimum absolute atomic E-state index is 0.170. The van der Waals surface area contributed by atoms with Gasteiger partial charge in [0.1, 0.15) is 6.61 Å². The van der Waals surface area contributed by atoms with Gasteiger partial charge in [0.15, 0.2) is 0 Å². The number of nitrogens with zero attached hydrogens (tertiary/aromatic N) is 2. The fourth-order valence-electron chi connectivity index (χ4n) is 1.82. The average molecular weight is 197 g/mol. The number of rotatable bonds is 4. The second-order valence-corrected chi connectivity index (χ2v) is 3.77. The van der Waals surface area contributed by atoms with Gasteiger partial charge in [0.2, 0.25) is 11.8 Å². The van der Waals surface area contributed by atoms with Crippen molar-refractivity contribution in [2.45, 2.75) is 31.9 Å². The van der Waals surface area contributed by atoms with E-state index in [1.807, 2.05) is 7.05 Å². The lowest BCUT2D eigenvalue weighted by Crippen LogP contribution is -2.39. The monoisotopic (exact) mass is 197 g/mol. The summed E-state index contributed by atoms with van der Waals surface area (Å²) in [6.07, 6.45) is 3.19. The van der Waals surface area contributed by atoms with Crippen molar-refractivity contribution >= 4 is 0 Å². The molecule has 0 bridgehead atoms. The Morgan fingerprint density at radius 2 is 2.14 bits per heavy atom. The molecule has 1 fully saturated rings. The van der Waals surface area contributed by atoms with Gasteiger partial charge in [-0.2, -0.15) is 0 Å². The van der Waals surface area contributed by atoms with Crippen LogP contribution in [0.3, 0.4) is 0 Å². The number of aliphatic hydroxyl groups excluding tert-OH is 1. The topological polar surface area (TPSA) is 71.2 Å². The summed E-state index contributed by atoms with van der Waals surface area (Å²) in [4.78, 5) is 0. The molecule has 2 N–H and O–H groups in total. The lowest BCUT2D eigenvalue weighted by Gasteiger charge is -2.34. The maximum Gasteiger partial charge on any atom is 0.241 e. The van der Waals surface area contributed by atoms with Crippen LogP contribution in [0.15, 0.2) is 4.42 Å². The van der Waals surface area contributed by atoms with E-state index in [9.17, 15) is 0 Å². The van der Waals surface area contributed by atoms with E-state index in [1.54, 1.807) is 0 Å². The molecule has 1 heterocycles. The Morgan fingerprint density at radius 1 is 1.43 bits per heavy atom. The molecule has 0 saturated heterocycles. The molecule has 2 rings (SSSR count). The highest BCUT2D eigenvalue weighted by Gasteiger charge is 2.29. The molecule has 78 valence electrons. The van der Waals surface area contributed by atoms with E-state index < -0.39 is 0 Å². The Morgan fingerprint density at radius 3 is 2.71 bits per heavy atom. The van der Waals surface area contributed by atoms with Gasteiger partial charge in [-0.05, 0) is 25.8 Å². The Labute approximate surface area is 82.5 Å². The third-order valence-corrected chi connectivity index (χ3v) is 2.75. The zero-order valence-corrected chi connectivity index (χ0v) is 8.23. The van der Waals surface area contributed by atoms with Gasteiger partial charge in [0, 0.05) is 12.5 Å². The van der Waals surface area contributed by atoms with Crippen molar-refractivity contribution in [3.8, 4) is 0 Å². The predicted molar refractivity (Wildman–Crippen MR) is 49.5 cm³/mol. The molecule has 1 aromatic heterocycles. The molecule has 0 atom stereocenters. The van der Waals surface area contributed by atoms with Crippen molar-refractivity contribution in [3.63, 3.8) is 0 Å². The van der Waals surface area contributed by atoms with Crippen LogP contribution in [0, 0.1) is 5.92 Å². The fraction of sp³-hybridized carbons (Fsp3) is 0.778. The number of aliphatic hydroxyl groups is 1. The molecule has 1 aromatic rings. The Kier molecular flexibility index (Phi) is 2.79. The first kappa shape index (κ1) is 9.61. The molecule has 0 aromatic carbocycles. The van der Waals surface area contributed by atoms with Crippen molar-refractivity contribution in [1.82, 2.24) is 15.5 Å². The van der Waals surface area contributed by atoms with E-state index in [0.29, 0.717) is 23.7 Å². The van der Waals surface area contributed by atoms with Gasteiger partial charge < -0.3 is 14.8 Å². The third-order valence-electron chi connectivity index (χ3n) is 2.75. The zero-order chi connectivity index (χ0) is 9.97. The van der Waals surface area contributed by atoms with Crippen molar-refractivity contribution in [3.05, 3.63) is 11.8 Å². The fourth-order valence-corrected chi connectivity index (χ4v) is 1.82. The van der Waals surface area contributed by atoms with E-state index in [-0.39, 0.29) is 6.61 Å². The van der Waals surface area contributed by atoms with Crippen molar-refractivity contribution < 1.29 is 9.52 Å². The number of nitrogens with one attached hydrogen (secondary N) is 1. The van der Waals surface area contributed by atoms with Crippen LogP contribution in [-0.2, 0) is 13.0 Å². The average Bonchev–Trinajstić information content (AvgIpc) is 2.58. The van der Waals surface area contributed by atoms with E-state index in [0.717, 1.165) is 6.42 Å². The molecule has 0 amide bonds. The lowest BCUT2D eigenvalue weighted by atomic mass is 9.78. The van der Waals surface area contributed by atoms with E-state index >= 15 is 0 Å². The number of aromatic nitrogens is 2. The maximum atomic E-state index is 8.73. The van der Waals surface area contributed by atoms with Gasteiger partial charge in [-0.25, -0.2) is 0 Å². The molecule has 1 saturated carbocycles. The molecular weight excluding hydrogens is 182 g/mol. The van der Waals surface area contributed by atoms with Crippen LogP contribution in [-0.4, -0.2) is 28.4 Å². The maximum absolute atomic E-state index is 8.73. The summed E-state index contributed by atoms with van der Waals surface area (Å²) in [5, 5.41) is 19.5. The molecule has 0 radical (unpaired) electrons. The molecular formula is C9H15N3O2. The standard InChI is InChI=1S/C9H15N3O2/c1-10-7-2-6(3-7)4-8-11-12-9(5-13)14-8/h6-7,10,13H,2-5H2,1H3. The van der Waals surface area contributed by atoms with Gasteiger partial charge in [0.25, 0.3) is 0 Å². The van der Waals surface area contributed by atoms with Crippen LogP contribution in [0.1, 0.15) is 24.6 Å². The Hall–Kier alpha value is -0.940. The van der Waals surface area contributed by atoms with Gasteiger partial charge in [-0.1, -0.05) is 0 Å². The summed E-state index contributed by atoms with van der Waals surface area (Å²) in [5.41, 5.74) is 0. The second kappa shape index (κ2) is 4.06. The minimum Gasteiger partial charge on any atom is -0.423 e. The summed E-state index contributed by atoms with van der Waals surface area (Å²) >= 11 is 0. The molecule has 1 aliphatic carbocycles. The van der Waals surface area contributed by atoms with Crippen LogP contribution in [0.25, 0.3) is 0 Å². The number of hydrogen-bond acceptors (Lipinski definition) is 5. The smallest absolute Gasteiger partial charge is 0.241 e. The summed E-state index contributed by atoms with van der Waals surface area (Å²) in [7, 11) is 1.98. The van der Waals surface area contributed by atoms with Crippen LogP contribution < -0.4 is 5.32 Å². The van der Waals surface area contributed by atoms with Crippen LogP contribution in [0.5, 0.6) is 0 Å². The van der Waals surface area contributed by atoms with Gasteiger partial charge in [-0.3, -0.25) is 0 Å². The first-order chi connectivity index (χ1) is 6.81. The number of hydrogen-bond donors (Lipinski definition) is 2. The molecule has 0 unspecified atom stereocenters. The SMILES string of the molecule is CNC1CC(Cc2nnc(CO)o2)C1. The Bertz CT molecular complexity index is 294. The summed E-state index contributed by atoms with van der Waals surface area (Å²) in [6.45, 7) is -0.170. The Balaban J connectivity index is 1.81. The first-order valence-corrected chi connectivity index (χ1v) is 4.91. The largest absolute Gasteiger partial charge is 0.423 e. The first-order valence-electron chi connectivity index (χ1n) is 4.91. The van der Waals surface area contributed by atoms with Crippen LogP contribution >= 0.6 is 0 Å². The molecule has 5 heteroatoms. The predicted octanol–water partition coefficient (Wildman–Crippen LogP) is 0.102. The van der Waals surface area contributed by atoms with Gasteiger partial charge >= 0.3 is 0 Å². The van der Waals surface area contributed by atoms with Crippen molar-refractivity contribution in [2.24, 2.45) is 5.92 Å². The van der Waals surface area contributed by atoms with E-state index in [4.69, 9.17) is 9.52 Å². The summed E-state index contributed by atoms with van der Waals surface area (Å²) < 4.78 is 5.22. The summed E-state index contributed by atoms with van der Waals surface area (Å²) in [5.74, 6) is 1.61. The van der Waals surface area contributed by atoms with Crippen LogP contribution in [0.2, 0.25) is 0 Å². The van der Waals surface area contributed by atoms with E-state index in [2.05, 4.69) is 15.5 Å². The second-order valence-electron chi connectivity index (χ2n) is 3.77. The minimum atomic E-state index is -0.170. The quantitative estimate of drug-likeness (QED) is 0.716. The highest BCUT2D eigenvalue weighted by Crippen LogP contribution is 2.29. The van der Waals surface area contributed by atoms with Crippen LogP contribution in [0.4, 0.5) is 0 Å². The molecule has 0 aliphatic heterocycles. The van der Waals surface area contributed by atoms with Gasteiger partial charge in [-0.15, -0.1) is 10.2 Å².